The average Bonchev–Trinajstić information content (AvgIpc) is 2.96. The fourth-order valence-corrected chi connectivity index (χ4v) is 4.84. The van der Waals surface area contributed by atoms with E-state index in [-0.39, 0.29) is 22.4 Å². The molecule has 0 spiro atoms. The maximum atomic E-state index is 12.5. The van der Waals surface area contributed by atoms with Crippen molar-refractivity contribution in [2.24, 2.45) is 5.92 Å². The van der Waals surface area contributed by atoms with Gasteiger partial charge in [0.05, 0.1) is 12.6 Å². The van der Waals surface area contributed by atoms with Crippen molar-refractivity contribution in [1.29, 1.82) is 0 Å². The number of hydrogen-bond donors (Lipinski definition) is 1. The maximum absolute atomic E-state index is 12.5. The van der Waals surface area contributed by atoms with E-state index in [1.807, 2.05) is 0 Å². The van der Waals surface area contributed by atoms with Gasteiger partial charge in [-0.15, -0.1) is 11.3 Å². The minimum atomic E-state index is -3.73. The summed E-state index contributed by atoms with van der Waals surface area (Å²) >= 11 is 0.909. The van der Waals surface area contributed by atoms with Crippen molar-refractivity contribution in [1.82, 2.24) is 9.29 Å². The zero-order chi connectivity index (χ0) is 14.8. The first kappa shape index (κ1) is 15.4. The van der Waals surface area contributed by atoms with Crippen LogP contribution in [-0.2, 0) is 14.8 Å². The molecule has 1 saturated heterocycles. The molecule has 0 aromatic carbocycles. The number of piperidine rings is 1. The molecule has 0 aliphatic carbocycles. The van der Waals surface area contributed by atoms with Crippen molar-refractivity contribution < 1.29 is 23.1 Å². The summed E-state index contributed by atoms with van der Waals surface area (Å²) in [5.41, 5.74) is 1.15. The Morgan fingerprint density at radius 2 is 2.20 bits per heavy atom. The van der Waals surface area contributed by atoms with Gasteiger partial charge in [-0.3, -0.25) is 0 Å². The highest BCUT2D eigenvalue weighted by Crippen LogP contribution is 2.28. The van der Waals surface area contributed by atoms with Gasteiger partial charge in [-0.2, -0.15) is 4.31 Å². The lowest BCUT2D eigenvalue weighted by atomic mass is 10.00. The number of sulfonamides is 1. The fraction of sp³-hybridized carbons (Fsp3) is 0.636. The van der Waals surface area contributed by atoms with Crippen LogP contribution in [0.5, 0.6) is 0 Å². The van der Waals surface area contributed by atoms with E-state index in [1.54, 1.807) is 0 Å². The van der Waals surface area contributed by atoms with E-state index in [1.165, 1.54) is 16.9 Å². The van der Waals surface area contributed by atoms with Crippen molar-refractivity contribution >= 4 is 27.3 Å². The number of methoxy groups -OCH3 is 1. The van der Waals surface area contributed by atoms with Crippen LogP contribution in [0.1, 0.15) is 23.3 Å². The van der Waals surface area contributed by atoms with Crippen LogP contribution in [-0.4, -0.2) is 55.6 Å². The van der Waals surface area contributed by atoms with Gasteiger partial charge in [0.2, 0.25) is 0 Å². The second kappa shape index (κ2) is 6.17. The fourth-order valence-electron chi connectivity index (χ4n) is 2.10. The summed E-state index contributed by atoms with van der Waals surface area (Å²) < 4.78 is 30.8. The second-order valence-corrected chi connectivity index (χ2v) is 7.50. The lowest BCUT2D eigenvalue weighted by Gasteiger charge is -2.29. The number of aliphatic hydroxyl groups excluding tert-OH is 1. The summed E-state index contributed by atoms with van der Waals surface area (Å²) in [7, 11) is -2.54. The first-order valence-corrected chi connectivity index (χ1v) is 8.45. The first-order valence-electron chi connectivity index (χ1n) is 6.13. The Morgan fingerprint density at radius 3 is 2.75 bits per heavy atom. The van der Waals surface area contributed by atoms with Crippen LogP contribution in [0.15, 0.2) is 9.72 Å². The molecule has 112 valence electrons. The molecule has 1 aromatic heterocycles. The van der Waals surface area contributed by atoms with Gasteiger partial charge in [0.25, 0.3) is 10.0 Å². The highest BCUT2D eigenvalue weighted by Gasteiger charge is 2.34. The number of nitrogens with zero attached hydrogens (tertiary/aromatic N) is 2. The molecule has 1 aliphatic rings. The van der Waals surface area contributed by atoms with E-state index < -0.39 is 16.0 Å². The standard InChI is InChI=1S/C11H16N2O5S2/c1-18-10(15)9-11(19-7-12-9)20(16,17)13-4-2-8(6-14)3-5-13/h7-8,14H,2-6H2,1H3. The molecule has 0 bridgehead atoms. The Hall–Kier alpha value is -1.03. The van der Waals surface area contributed by atoms with Crippen LogP contribution in [0.4, 0.5) is 0 Å². The molecule has 1 aliphatic heterocycles. The van der Waals surface area contributed by atoms with Gasteiger partial charge in [-0.1, -0.05) is 0 Å². The minimum absolute atomic E-state index is 0.0713. The lowest BCUT2D eigenvalue weighted by Crippen LogP contribution is -2.39. The number of esters is 1. The third-order valence-corrected chi connectivity index (χ3v) is 6.57. The van der Waals surface area contributed by atoms with E-state index >= 15 is 0 Å². The summed E-state index contributed by atoms with van der Waals surface area (Å²) in [6.07, 6.45) is 1.23. The van der Waals surface area contributed by atoms with Crippen LogP contribution in [0.2, 0.25) is 0 Å². The van der Waals surface area contributed by atoms with Crippen molar-refractivity contribution in [3.8, 4) is 0 Å². The van der Waals surface area contributed by atoms with E-state index in [0.29, 0.717) is 25.9 Å². The second-order valence-electron chi connectivity index (χ2n) is 4.51. The molecule has 1 aromatic rings. The molecule has 0 saturated carbocycles. The van der Waals surface area contributed by atoms with Gasteiger partial charge in [-0.05, 0) is 18.8 Å². The number of carbonyl (C=O) groups excluding carboxylic acids is 1. The summed E-state index contributed by atoms with van der Waals surface area (Å²) in [5, 5.41) is 9.08. The molecule has 0 amide bonds. The van der Waals surface area contributed by atoms with Crippen LogP contribution in [0.3, 0.4) is 0 Å². The van der Waals surface area contributed by atoms with E-state index in [4.69, 9.17) is 5.11 Å². The van der Waals surface area contributed by atoms with Crippen LogP contribution < -0.4 is 0 Å². The van der Waals surface area contributed by atoms with Crippen molar-refractivity contribution in [2.45, 2.75) is 17.1 Å². The van der Waals surface area contributed by atoms with Crippen LogP contribution in [0, 0.1) is 5.92 Å². The van der Waals surface area contributed by atoms with E-state index in [2.05, 4.69) is 9.72 Å². The Labute approximate surface area is 121 Å². The summed E-state index contributed by atoms with van der Waals surface area (Å²) in [4.78, 5) is 15.3. The quantitative estimate of drug-likeness (QED) is 0.803. The molecule has 1 fully saturated rings. The first-order chi connectivity index (χ1) is 9.50. The molecule has 9 heteroatoms. The summed E-state index contributed by atoms with van der Waals surface area (Å²) in [6, 6.07) is 0. The normalized spacial score (nSPS) is 18.1. The SMILES string of the molecule is COC(=O)c1ncsc1S(=O)(=O)N1CCC(CO)CC1. The van der Waals surface area contributed by atoms with E-state index in [0.717, 1.165) is 11.3 Å². The van der Waals surface area contributed by atoms with Gasteiger partial charge in [-0.25, -0.2) is 18.2 Å². The van der Waals surface area contributed by atoms with Crippen molar-refractivity contribution in [2.75, 3.05) is 26.8 Å². The molecule has 0 unspecified atom stereocenters. The number of carbonyl (C=O) groups is 1. The Bertz CT molecular complexity index is 575. The Kier molecular flexibility index (Phi) is 4.74. The third-order valence-electron chi connectivity index (χ3n) is 3.32. The highest BCUT2D eigenvalue weighted by atomic mass is 32.2. The molecule has 0 radical (unpaired) electrons. The number of aliphatic hydroxyl groups is 1. The Morgan fingerprint density at radius 1 is 1.55 bits per heavy atom. The van der Waals surface area contributed by atoms with Gasteiger partial charge < -0.3 is 9.84 Å². The van der Waals surface area contributed by atoms with Gasteiger partial charge >= 0.3 is 5.97 Å². The number of rotatable bonds is 4. The zero-order valence-corrected chi connectivity index (χ0v) is 12.6. The Balaban J connectivity index is 2.23. The van der Waals surface area contributed by atoms with E-state index in [9.17, 15) is 13.2 Å². The zero-order valence-electron chi connectivity index (χ0n) is 11.0. The van der Waals surface area contributed by atoms with Crippen molar-refractivity contribution in [3.05, 3.63) is 11.2 Å². The number of thiazole rings is 1. The molecule has 20 heavy (non-hydrogen) atoms. The number of hydrogen-bond acceptors (Lipinski definition) is 7. The smallest absolute Gasteiger partial charge is 0.358 e. The third kappa shape index (κ3) is 2.85. The lowest BCUT2D eigenvalue weighted by molar-refractivity contribution is 0.0590. The predicted octanol–water partition coefficient (Wildman–Crippen LogP) is 0.323. The molecule has 2 rings (SSSR count). The molecule has 1 N–H and O–H groups in total. The van der Waals surface area contributed by atoms with Crippen LogP contribution in [0.25, 0.3) is 0 Å². The van der Waals surface area contributed by atoms with Gasteiger partial charge in [0, 0.05) is 19.7 Å². The topological polar surface area (TPSA) is 96.8 Å². The largest absolute Gasteiger partial charge is 0.464 e. The van der Waals surface area contributed by atoms with Crippen LogP contribution >= 0.6 is 11.3 Å². The molecule has 2 heterocycles. The van der Waals surface area contributed by atoms with Gasteiger partial charge in [0.1, 0.15) is 0 Å². The maximum Gasteiger partial charge on any atom is 0.358 e. The minimum Gasteiger partial charge on any atom is -0.464 e. The van der Waals surface area contributed by atoms with Crippen molar-refractivity contribution in [3.63, 3.8) is 0 Å². The predicted molar refractivity (Wildman–Crippen MR) is 72.0 cm³/mol. The monoisotopic (exact) mass is 320 g/mol. The number of ether oxygens (including phenoxy) is 1. The molecule has 7 nitrogen and oxygen atoms in total. The number of aromatic nitrogens is 1. The highest BCUT2D eigenvalue weighted by molar-refractivity contribution is 7.91. The summed E-state index contributed by atoms with van der Waals surface area (Å²) in [5.74, 6) is -0.613. The molecular formula is C11H16N2O5S2. The van der Waals surface area contributed by atoms with Gasteiger partial charge in [0.15, 0.2) is 9.90 Å². The molecular weight excluding hydrogens is 304 g/mol. The summed E-state index contributed by atoms with van der Waals surface area (Å²) in [6.45, 7) is 0.750. The molecule has 0 atom stereocenters. The average molecular weight is 320 g/mol.